The van der Waals surface area contributed by atoms with Crippen LogP contribution in [-0.2, 0) is 11.2 Å². The first-order valence-corrected chi connectivity index (χ1v) is 11.0. The van der Waals surface area contributed by atoms with Crippen LogP contribution in [0.15, 0.2) is 35.5 Å². The van der Waals surface area contributed by atoms with Crippen LogP contribution in [0, 0.1) is 0 Å². The Morgan fingerprint density at radius 1 is 1.32 bits per heavy atom. The Morgan fingerprint density at radius 3 is 2.86 bits per heavy atom. The monoisotopic (exact) mass is 400 g/mol. The summed E-state index contributed by atoms with van der Waals surface area (Å²) in [6, 6.07) is 8.15. The van der Waals surface area contributed by atoms with Crippen LogP contribution in [-0.4, -0.2) is 40.6 Å². The second kappa shape index (κ2) is 10.3. The molecule has 1 fully saturated rings. The molecule has 7 heteroatoms. The van der Waals surface area contributed by atoms with Gasteiger partial charge >= 0.3 is 0 Å². The van der Waals surface area contributed by atoms with Crippen molar-refractivity contribution in [2.24, 2.45) is 0 Å². The maximum atomic E-state index is 12.1. The molecule has 3 rings (SSSR count). The summed E-state index contributed by atoms with van der Waals surface area (Å²) in [4.78, 5) is 12.1. The van der Waals surface area contributed by atoms with Crippen LogP contribution < -0.4 is 10.1 Å². The number of nitrogens with zero attached hydrogens (tertiary/aromatic N) is 3. The SMILES string of the molecule is COc1ccccc1/C=C/C(=O)NCCCc1nnc(SC)n1C1CCCC1. The van der Waals surface area contributed by atoms with Crippen molar-refractivity contribution < 1.29 is 9.53 Å². The minimum atomic E-state index is -0.104. The molecule has 150 valence electrons. The van der Waals surface area contributed by atoms with E-state index in [2.05, 4.69) is 20.1 Å². The van der Waals surface area contributed by atoms with Gasteiger partial charge in [0, 0.05) is 30.6 Å². The Morgan fingerprint density at radius 2 is 2.11 bits per heavy atom. The van der Waals surface area contributed by atoms with E-state index in [0.717, 1.165) is 35.1 Å². The van der Waals surface area contributed by atoms with Crippen molar-refractivity contribution in [3.63, 3.8) is 0 Å². The number of methoxy groups -OCH3 is 1. The van der Waals surface area contributed by atoms with E-state index in [1.54, 1.807) is 31.0 Å². The number of hydrogen-bond acceptors (Lipinski definition) is 5. The van der Waals surface area contributed by atoms with Gasteiger partial charge in [0.1, 0.15) is 11.6 Å². The highest BCUT2D eigenvalue weighted by molar-refractivity contribution is 7.98. The number of thioether (sulfide) groups is 1. The molecule has 1 amide bonds. The van der Waals surface area contributed by atoms with E-state index in [-0.39, 0.29) is 5.91 Å². The minimum absolute atomic E-state index is 0.104. The predicted molar refractivity (Wildman–Crippen MR) is 113 cm³/mol. The molecule has 1 aromatic carbocycles. The molecule has 1 aromatic heterocycles. The lowest BCUT2D eigenvalue weighted by molar-refractivity contribution is -0.116. The molecule has 0 bridgehead atoms. The fourth-order valence-corrected chi connectivity index (χ4v) is 4.21. The van der Waals surface area contributed by atoms with Crippen LogP contribution in [0.25, 0.3) is 6.08 Å². The van der Waals surface area contributed by atoms with Crippen LogP contribution in [0.1, 0.15) is 49.5 Å². The summed E-state index contributed by atoms with van der Waals surface area (Å²) >= 11 is 1.65. The number of ether oxygens (including phenoxy) is 1. The Hall–Kier alpha value is -2.28. The van der Waals surface area contributed by atoms with E-state index in [9.17, 15) is 4.79 Å². The third-order valence-corrected chi connectivity index (χ3v) is 5.68. The lowest BCUT2D eigenvalue weighted by Gasteiger charge is -2.16. The highest BCUT2D eigenvalue weighted by Gasteiger charge is 2.23. The van der Waals surface area contributed by atoms with Gasteiger partial charge in [0.15, 0.2) is 5.16 Å². The molecular weight excluding hydrogens is 372 g/mol. The topological polar surface area (TPSA) is 69.0 Å². The second-order valence-corrected chi connectivity index (χ2v) is 7.65. The van der Waals surface area contributed by atoms with Crippen molar-refractivity contribution >= 4 is 23.7 Å². The molecule has 0 radical (unpaired) electrons. The third kappa shape index (κ3) is 5.16. The number of nitrogens with one attached hydrogen (secondary N) is 1. The van der Waals surface area contributed by atoms with E-state index in [1.165, 1.54) is 25.7 Å². The first kappa shape index (κ1) is 20.5. The Kier molecular flexibility index (Phi) is 7.54. The van der Waals surface area contributed by atoms with Crippen molar-refractivity contribution in [1.82, 2.24) is 20.1 Å². The number of para-hydroxylation sites is 1. The van der Waals surface area contributed by atoms with Gasteiger partial charge in [-0.1, -0.05) is 42.8 Å². The maximum Gasteiger partial charge on any atom is 0.244 e. The van der Waals surface area contributed by atoms with Gasteiger partial charge in [-0.15, -0.1) is 10.2 Å². The normalized spacial score (nSPS) is 14.6. The molecule has 1 N–H and O–H groups in total. The first-order valence-electron chi connectivity index (χ1n) is 9.79. The van der Waals surface area contributed by atoms with E-state index < -0.39 is 0 Å². The summed E-state index contributed by atoms with van der Waals surface area (Å²) in [6.07, 6.45) is 12.0. The zero-order valence-electron chi connectivity index (χ0n) is 16.6. The lowest BCUT2D eigenvalue weighted by Crippen LogP contribution is -2.23. The molecule has 0 atom stereocenters. The van der Waals surface area contributed by atoms with E-state index >= 15 is 0 Å². The molecule has 1 aliphatic carbocycles. The zero-order valence-corrected chi connectivity index (χ0v) is 17.4. The van der Waals surface area contributed by atoms with Crippen molar-refractivity contribution in [3.8, 4) is 5.75 Å². The van der Waals surface area contributed by atoms with Gasteiger partial charge < -0.3 is 14.6 Å². The van der Waals surface area contributed by atoms with Gasteiger partial charge in [-0.05, 0) is 37.7 Å². The van der Waals surface area contributed by atoms with Crippen molar-refractivity contribution in [2.75, 3.05) is 19.9 Å². The highest BCUT2D eigenvalue weighted by Crippen LogP contribution is 2.33. The average molecular weight is 401 g/mol. The summed E-state index contributed by atoms with van der Waals surface area (Å²) < 4.78 is 7.61. The standard InChI is InChI=1S/C21H28N4O2S/c1-27-18-11-6-3-8-16(18)13-14-20(26)22-15-7-12-19-23-24-21(28-2)25(19)17-9-4-5-10-17/h3,6,8,11,13-14,17H,4-5,7,9-10,12,15H2,1-2H3,(H,22,26)/b14-13+. The zero-order chi connectivity index (χ0) is 19.8. The molecule has 1 aliphatic rings. The van der Waals surface area contributed by atoms with E-state index in [1.807, 2.05) is 30.5 Å². The van der Waals surface area contributed by atoms with Gasteiger partial charge in [0.05, 0.1) is 7.11 Å². The van der Waals surface area contributed by atoms with Crippen LogP contribution >= 0.6 is 11.8 Å². The van der Waals surface area contributed by atoms with Gasteiger partial charge in [0.25, 0.3) is 0 Å². The molecule has 0 saturated heterocycles. The van der Waals surface area contributed by atoms with Crippen LogP contribution in [0.4, 0.5) is 0 Å². The number of aryl methyl sites for hydroxylation is 1. The van der Waals surface area contributed by atoms with Gasteiger partial charge in [0.2, 0.25) is 5.91 Å². The maximum absolute atomic E-state index is 12.1. The molecule has 2 aromatic rings. The van der Waals surface area contributed by atoms with Crippen LogP contribution in [0.3, 0.4) is 0 Å². The third-order valence-electron chi connectivity index (χ3n) is 5.04. The minimum Gasteiger partial charge on any atom is -0.496 e. The number of carbonyl (C=O) groups is 1. The largest absolute Gasteiger partial charge is 0.496 e. The van der Waals surface area contributed by atoms with E-state index in [4.69, 9.17) is 4.74 Å². The van der Waals surface area contributed by atoms with Crippen LogP contribution in [0.2, 0.25) is 0 Å². The van der Waals surface area contributed by atoms with Crippen molar-refractivity contribution in [2.45, 2.75) is 49.7 Å². The Bertz CT molecular complexity index is 812. The molecule has 1 saturated carbocycles. The molecular formula is C21H28N4O2S. The van der Waals surface area contributed by atoms with Gasteiger partial charge in [-0.25, -0.2) is 0 Å². The smallest absolute Gasteiger partial charge is 0.244 e. The van der Waals surface area contributed by atoms with E-state index in [0.29, 0.717) is 12.6 Å². The number of amides is 1. The lowest BCUT2D eigenvalue weighted by atomic mass is 10.2. The van der Waals surface area contributed by atoms with Crippen molar-refractivity contribution in [1.29, 1.82) is 0 Å². The molecule has 0 spiro atoms. The molecule has 1 heterocycles. The number of carbonyl (C=O) groups excluding carboxylic acids is 1. The van der Waals surface area contributed by atoms with Gasteiger partial charge in [-0.3, -0.25) is 4.79 Å². The summed E-state index contributed by atoms with van der Waals surface area (Å²) in [7, 11) is 1.62. The fraction of sp³-hybridized carbons (Fsp3) is 0.476. The summed E-state index contributed by atoms with van der Waals surface area (Å²) in [5, 5.41) is 12.7. The Balaban J connectivity index is 1.49. The average Bonchev–Trinajstić information content (AvgIpc) is 3.39. The fourth-order valence-electron chi connectivity index (χ4n) is 3.63. The number of hydrogen-bond donors (Lipinski definition) is 1. The first-order chi connectivity index (χ1) is 13.7. The predicted octanol–water partition coefficient (Wildman–Crippen LogP) is 3.89. The molecule has 0 aliphatic heterocycles. The number of rotatable bonds is 9. The summed E-state index contributed by atoms with van der Waals surface area (Å²) in [6.45, 7) is 0.612. The number of benzene rings is 1. The second-order valence-electron chi connectivity index (χ2n) is 6.88. The molecule has 28 heavy (non-hydrogen) atoms. The molecule has 0 unspecified atom stereocenters. The summed E-state index contributed by atoms with van der Waals surface area (Å²) in [5.74, 6) is 1.69. The molecule has 6 nitrogen and oxygen atoms in total. The Labute approximate surface area is 170 Å². The quantitative estimate of drug-likeness (QED) is 0.393. The summed E-state index contributed by atoms with van der Waals surface area (Å²) in [5.41, 5.74) is 0.884. The van der Waals surface area contributed by atoms with Gasteiger partial charge in [-0.2, -0.15) is 0 Å². The van der Waals surface area contributed by atoms with Crippen molar-refractivity contribution in [3.05, 3.63) is 41.7 Å². The van der Waals surface area contributed by atoms with Crippen LogP contribution in [0.5, 0.6) is 5.75 Å². The highest BCUT2D eigenvalue weighted by atomic mass is 32.2. The number of aromatic nitrogens is 3.